The van der Waals surface area contributed by atoms with Gasteiger partial charge in [0.2, 0.25) is 0 Å². The molecule has 1 saturated carbocycles. The summed E-state index contributed by atoms with van der Waals surface area (Å²) in [6.07, 6.45) is 5.66. The lowest BCUT2D eigenvalue weighted by Gasteiger charge is -2.45. The maximum Gasteiger partial charge on any atom is 0.292 e. The van der Waals surface area contributed by atoms with E-state index in [0.29, 0.717) is 18.8 Å². The Bertz CT molecular complexity index is 542. The fourth-order valence-corrected chi connectivity index (χ4v) is 3.49. The SMILES string of the molecule is Cc1ccc(NCC2(N(C)CCO)CCCCC2)c([N+](=O)[O-])c1. The first kappa shape index (κ1) is 17.7. The Balaban J connectivity index is 2.17. The zero-order valence-corrected chi connectivity index (χ0v) is 14.0. The number of hydrogen-bond donors (Lipinski definition) is 2. The van der Waals surface area contributed by atoms with Gasteiger partial charge in [0.15, 0.2) is 0 Å². The summed E-state index contributed by atoms with van der Waals surface area (Å²) in [5, 5.41) is 23.8. The van der Waals surface area contributed by atoms with E-state index in [2.05, 4.69) is 10.2 Å². The molecule has 6 heteroatoms. The second-order valence-corrected chi connectivity index (χ2v) is 6.56. The number of benzene rings is 1. The van der Waals surface area contributed by atoms with Crippen molar-refractivity contribution in [2.75, 3.05) is 32.1 Å². The van der Waals surface area contributed by atoms with Crippen LogP contribution in [0.15, 0.2) is 18.2 Å². The molecule has 128 valence electrons. The number of rotatable bonds is 7. The summed E-state index contributed by atoms with van der Waals surface area (Å²) < 4.78 is 0. The predicted molar refractivity (Wildman–Crippen MR) is 91.9 cm³/mol. The van der Waals surface area contributed by atoms with Crippen LogP contribution in [-0.2, 0) is 0 Å². The van der Waals surface area contributed by atoms with E-state index >= 15 is 0 Å². The standard InChI is InChI=1S/C17H27N3O3/c1-14-6-7-15(16(12-14)20(22)23)18-13-17(19(2)10-11-21)8-4-3-5-9-17/h6-7,12,18,21H,3-5,8-11,13H2,1-2H3. The van der Waals surface area contributed by atoms with Crippen LogP contribution in [0.25, 0.3) is 0 Å². The van der Waals surface area contributed by atoms with Gasteiger partial charge >= 0.3 is 0 Å². The van der Waals surface area contributed by atoms with Gasteiger partial charge in [0.25, 0.3) is 5.69 Å². The lowest BCUT2D eigenvalue weighted by Crippen LogP contribution is -2.53. The topological polar surface area (TPSA) is 78.6 Å². The molecule has 0 aromatic heterocycles. The van der Waals surface area contributed by atoms with Crippen molar-refractivity contribution in [3.05, 3.63) is 33.9 Å². The highest BCUT2D eigenvalue weighted by atomic mass is 16.6. The van der Waals surface area contributed by atoms with E-state index in [1.807, 2.05) is 20.0 Å². The monoisotopic (exact) mass is 321 g/mol. The zero-order chi connectivity index (χ0) is 16.9. The molecule has 1 aromatic carbocycles. The minimum atomic E-state index is -0.333. The van der Waals surface area contributed by atoms with Gasteiger partial charge in [-0.15, -0.1) is 0 Å². The number of nitro groups is 1. The first-order chi connectivity index (χ1) is 11.0. The third kappa shape index (κ3) is 4.20. The number of hydrogen-bond acceptors (Lipinski definition) is 5. The fraction of sp³-hybridized carbons (Fsp3) is 0.647. The van der Waals surface area contributed by atoms with Gasteiger partial charge in [-0.2, -0.15) is 0 Å². The minimum absolute atomic E-state index is 0.0419. The highest BCUT2D eigenvalue weighted by Crippen LogP contribution is 2.34. The summed E-state index contributed by atoms with van der Waals surface area (Å²) in [6.45, 7) is 3.27. The van der Waals surface area contributed by atoms with Crippen molar-refractivity contribution in [1.82, 2.24) is 4.90 Å². The second kappa shape index (κ2) is 7.75. The van der Waals surface area contributed by atoms with Crippen molar-refractivity contribution in [1.29, 1.82) is 0 Å². The number of nitrogens with one attached hydrogen (secondary N) is 1. The van der Waals surface area contributed by atoms with Crippen LogP contribution in [0.3, 0.4) is 0 Å². The summed E-state index contributed by atoms with van der Waals surface area (Å²) in [7, 11) is 2.03. The number of aliphatic hydroxyl groups excluding tert-OH is 1. The van der Waals surface area contributed by atoms with Gasteiger partial charge in [0, 0.05) is 24.7 Å². The van der Waals surface area contributed by atoms with Crippen LogP contribution in [0.5, 0.6) is 0 Å². The van der Waals surface area contributed by atoms with E-state index in [1.54, 1.807) is 12.1 Å². The van der Waals surface area contributed by atoms with Crippen molar-refractivity contribution in [3.8, 4) is 0 Å². The summed E-state index contributed by atoms with van der Waals surface area (Å²) in [6, 6.07) is 5.28. The van der Waals surface area contributed by atoms with Crippen LogP contribution in [0.1, 0.15) is 37.7 Å². The number of anilines is 1. The highest BCUT2D eigenvalue weighted by Gasteiger charge is 2.36. The average molecular weight is 321 g/mol. The Morgan fingerprint density at radius 2 is 2.04 bits per heavy atom. The molecule has 1 fully saturated rings. The smallest absolute Gasteiger partial charge is 0.292 e. The summed E-state index contributed by atoms with van der Waals surface area (Å²) >= 11 is 0. The number of aliphatic hydroxyl groups is 1. The summed E-state index contributed by atoms with van der Waals surface area (Å²) in [4.78, 5) is 13.1. The van der Waals surface area contributed by atoms with Gasteiger partial charge in [-0.25, -0.2) is 0 Å². The number of aryl methyl sites for hydroxylation is 1. The van der Waals surface area contributed by atoms with Gasteiger partial charge in [-0.05, 0) is 38.4 Å². The molecule has 1 aliphatic carbocycles. The molecule has 1 aliphatic rings. The molecule has 0 amide bonds. The number of nitro benzene ring substituents is 1. The minimum Gasteiger partial charge on any atom is -0.395 e. The van der Waals surface area contributed by atoms with Crippen LogP contribution < -0.4 is 5.32 Å². The van der Waals surface area contributed by atoms with Crippen LogP contribution in [0, 0.1) is 17.0 Å². The number of likely N-dealkylation sites (N-methyl/N-ethyl adjacent to an activating group) is 1. The van der Waals surface area contributed by atoms with Crippen LogP contribution >= 0.6 is 0 Å². The number of nitrogens with zero attached hydrogens (tertiary/aromatic N) is 2. The molecule has 0 spiro atoms. The lowest BCUT2D eigenvalue weighted by atomic mass is 9.80. The lowest BCUT2D eigenvalue weighted by molar-refractivity contribution is -0.384. The van der Waals surface area contributed by atoms with Gasteiger partial charge in [0.1, 0.15) is 5.69 Å². The van der Waals surface area contributed by atoms with E-state index in [4.69, 9.17) is 0 Å². The van der Waals surface area contributed by atoms with Crippen LogP contribution in [-0.4, -0.2) is 47.2 Å². The first-order valence-corrected chi connectivity index (χ1v) is 8.29. The first-order valence-electron chi connectivity index (χ1n) is 8.29. The van der Waals surface area contributed by atoms with Crippen molar-refractivity contribution >= 4 is 11.4 Å². The molecular formula is C17H27N3O3. The largest absolute Gasteiger partial charge is 0.395 e. The van der Waals surface area contributed by atoms with Crippen molar-refractivity contribution < 1.29 is 10.0 Å². The van der Waals surface area contributed by atoms with Gasteiger partial charge in [-0.1, -0.05) is 25.3 Å². The van der Waals surface area contributed by atoms with Gasteiger partial charge in [-0.3, -0.25) is 15.0 Å². The second-order valence-electron chi connectivity index (χ2n) is 6.56. The maximum absolute atomic E-state index is 11.3. The Morgan fingerprint density at radius 1 is 1.35 bits per heavy atom. The number of β-amino-alcohol motifs (C(OH)–C–C–N with tert-alkyl or cyclic N) is 1. The fourth-order valence-electron chi connectivity index (χ4n) is 3.49. The normalized spacial score (nSPS) is 17.2. The molecule has 0 bridgehead atoms. The van der Waals surface area contributed by atoms with E-state index in [1.165, 1.54) is 6.42 Å². The van der Waals surface area contributed by atoms with Crippen molar-refractivity contribution in [3.63, 3.8) is 0 Å². The molecule has 23 heavy (non-hydrogen) atoms. The van der Waals surface area contributed by atoms with E-state index in [9.17, 15) is 15.2 Å². The Hall–Kier alpha value is -1.66. The third-order valence-electron chi connectivity index (χ3n) is 4.99. The maximum atomic E-state index is 11.3. The Morgan fingerprint density at radius 3 is 2.65 bits per heavy atom. The van der Waals surface area contributed by atoms with Gasteiger partial charge < -0.3 is 10.4 Å². The molecule has 2 N–H and O–H groups in total. The van der Waals surface area contributed by atoms with E-state index in [-0.39, 0.29) is 22.8 Å². The van der Waals surface area contributed by atoms with Gasteiger partial charge in [0.05, 0.1) is 11.5 Å². The van der Waals surface area contributed by atoms with E-state index < -0.39 is 0 Å². The summed E-state index contributed by atoms with van der Waals surface area (Å²) in [5.74, 6) is 0. The predicted octanol–water partition coefficient (Wildman–Crippen LogP) is 2.94. The zero-order valence-electron chi connectivity index (χ0n) is 14.0. The molecular weight excluding hydrogens is 294 g/mol. The Labute approximate surface area is 137 Å². The molecule has 0 aliphatic heterocycles. The molecule has 1 aromatic rings. The molecule has 0 saturated heterocycles. The van der Waals surface area contributed by atoms with Crippen molar-refractivity contribution in [2.24, 2.45) is 0 Å². The molecule has 0 heterocycles. The Kier molecular flexibility index (Phi) is 5.96. The van der Waals surface area contributed by atoms with Crippen LogP contribution in [0.2, 0.25) is 0 Å². The molecule has 6 nitrogen and oxygen atoms in total. The molecule has 0 unspecified atom stereocenters. The molecule has 0 radical (unpaired) electrons. The highest BCUT2D eigenvalue weighted by molar-refractivity contribution is 5.62. The molecule has 0 atom stereocenters. The van der Waals surface area contributed by atoms with Crippen molar-refractivity contribution in [2.45, 2.75) is 44.6 Å². The van der Waals surface area contributed by atoms with Crippen LogP contribution in [0.4, 0.5) is 11.4 Å². The third-order valence-corrected chi connectivity index (χ3v) is 4.99. The summed E-state index contributed by atoms with van der Waals surface area (Å²) in [5.41, 5.74) is 1.54. The quantitative estimate of drug-likeness (QED) is 0.596. The van der Waals surface area contributed by atoms with E-state index in [0.717, 1.165) is 31.2 Å². The average Bonchev–Trinajstić information content (AvgIpc) is 2.54. The molecule has 2 rings (SSSR count).